The lowest BCUT2D eigenvalue weighted by Gasteiger charge is -2.13. The third-order valence-electron chi connectivity index (χ3n) is 3.55. The van der Waals surface area contributed by atoms with Crippen LogP contribution in [0.2, 0.25) is 0 Å². The molecule has 0 rings (SSSR count). The highest BCUT2D eigenvalue weighted by Crippen LogP contribution is 2.57. The molecule has 3 N–H and O–H groups in total. The van der Waals surface area contributed by atoms with E-state index in [1.165, 1.54) is 11.1 Å². The molecule has 0 aliphatic heterocycles. The van der Waals surface area contributed by atoms with Gasteiger partial charge in [0.2, 0.25) is 0 Å². The Balaban J connectivity index is 4.56. The zero-order valence-electron chi connectivity index (χ0n) is 16.2. The third-order valence-corrected chi connectivity index (χ3v) is 5.70. The van der Waals surface area contributed by atoms with E-state index in [2.05, 4.69) is 41.8 Å². The molecule has 0 spiro atoms. The molecule has 0 fully saturated rings. The molecule has 0 heterocycles. The first-order valence-electron chi connectivity index (χ1n) is 8.54. The fourth-order valence-electron chi connectivity index (χ4n) is 2.20. The zero-order chi connectivity index (χ0) is 20.4. The van der Waals surface area contributed by atoms with Crippen molar-refractivity contribution in [1.82, 2.24) is 0 Å². The second-order valence-electron chi connectivity index (χ2n) is 6.68. The second-order valence-corrected chi connectivity index (χ2v) is 9.51. The molecule has 0 aliphatic rings. The summed E-state index contributed by atoms with van der Waals surface area (Å²) in [5.41, 5.74) is 3.66. The Morgan fingerprint density at radius 1 is 0.962 bits per heavy atom. The average Bonchev–Trinajstić information content (AvgIpc) is 2.42. The first kappa shape index (κ1) is 25.5. The molecule has 0 aliphatic carbocycles. The van der Waals surface area contributed by atoms with Gasteiger partial charge < -0.3 is 14.7 Å². The van der Waals surface area contributed by atoms with Crippen molar-refractivity contribution in [3.8, 4) is 0 Å². The zero-order valence-corrected chi connectivity index (χ0v) is 18.0. The molecular formula is C17H32O7P2. The van der Waals surface area contributed by atoms with Gasteiger partial charge in [-0.05, 0) is 52.4 Å². The van der Waals surface area contributed by atoms with Crippen LogP contribution in [0.1, 0.15) is 60.3 Å². The minimum absolute atomic E-state index is 0.221. The summed E-state index contributed by atoms with van der Waals surface area (Å²) in [6.07, 6.45) is 9.71. The number of allylic oxidation sites excluding steroid dienone is 5. The average molecular weight is 410 g/mol. The summed E-state index contributed by atoms with van der Waals surface area (Å²) in [4.78, 5) is 26.4. The molecule has 1 unspecified atom stereocenters. The van der Waals surface area contributed by atoms with Crippen molar-refractivity contribution in [1.29, 1.82) is 0 Å². The van der Waals surface area contributed by atoms with E-state index in [0.29, 0.717) is 0 Å². The predicted octanol–water partition coefficient (Wildman–Crippen LogP) is 5.27. The Hall–Kier alpha value is -0.520. The number of hydrogen-bond acceptors (Lipinski definition) is 4. The Morgan fingerprint density at radius 3 is 2.04 bits per heavy atom. The number of rotatable bonds is 12. The Morgan fingerprint density at radius 2 is 1.54 bits per heavy atom. The van der Waals surface area contributed by atoms with E-state index in [1.54, 1.807) is 6.08 Å². The Labute approximate surface area is 156 Å². The first-order chi connectivity index (χ1) is 11.8. The van der Waals surface area contributed by atoms with Gasteiger partial charge in [0.1, 0.15) is 0 Å². The van der Waals surface area contributed by atoms with Crippen LogP contribution < -0.4 is 0 Å². The summed E-state index contributed by atoms with van der Waals surface area (Å²) in [5.74, 6) is 0.221. The van der Waals surface area contributed by atoms with Crippen LogP contribution in [0.5, 0.6) is 0 Å². The summed E-state index contributed by atoms with van der Waals surface area (Å²) in [5, 5.41) is 0. The van der Waals surface area contributed by atoms with Crippen molar-refractivity contribution in [2.24, 2.45) is 5.92 Å². The number of hydrogen-bond donors (Lipinski definition) is 3. The molecule has 26 heavy (non-hydrogen) atoms. The third kappa shape index (κ3) is 14.6. The van der Waals surface area contributed by atoms with E-state index in [9.17, 15) is 14.0 Å². The van der Waals surface area contributed by atoms with Crippen molar-refractivity contribution in [2.45, 2.75) is 60.3 Å². The Bertz CT molecular complexity index is 611. The molecule has 0 saturated carbocycles. The summed E-state index contributed by atoms with van der Waals surface area (Å²) in [6, 6.07) is 0. The van der Waals surface area contributed by atoms with Gasteiger partial charge in [-0.3, -0.25) is 4.52 Å². The maximum absolute atomic E-state index is 11.4. The highest BCUT2D eigenvalue weighted by molar-refractivity contribution is 7.60. The lowest BCUT2D eigenvalue weighted by atomic mass is 9.97. The summed E-state index contributed by atoms with van der Waals surface area (Å²) >= 11 is 0. The van der Waals surface area contributed by atoms with E-state index in [4.69, 9.17) is 9.79 Å². The maximum atomic E-state index is 11.4. The van der Waals surface area contributed by atoms with Gasteiger partial charge in [-0.15, -0.1) is 0 Å². The normalized spacial score (nSPS) is 15.9. The lowest BCUT2D eigenvalue weighted by Crippen LogP contribution is -1.99. The molecule has 9 heteroatoms. The Kier molecular flexibility index (Phi) is 11.8. The van der Waals surface area contributed by atoms with Crippen molar-refractivity contribution in [3.05, 3.63) is 34.9 Å². The van der Waals surface area contributed by atoms with Crippen molar-refractivity contribution in [2.75, 3.05) is 6.61 Å². The predicted molar refractivity (Wildman–Crippen MR) is 103 cm³/mol. The van der Waals surface area contributed by atoms with Gasteiger partial charge in [0, 0.05) is 0 Å². The van der Waals surface area contributed by atoms with Gasteiger partial charge >= 0.3 is 15.6 Å². The number of phosphoric ester groups is 1. The van der Waals surface area contributed by atoms with Crippen molar-refractivity contribution in [3.63, 3.8) is 0 Å². The molecule has 152 valence electrons. The second kappa shape index (κ2) is 12.0. The largest absolute Gasteiger partial charge is 0.481 e. The van der Waals surface area contributed by atoms with Crippen LogP contribution >= 0.6 is 15.6 Å². The van der Waals surface area contributed by atoms with Gasteiger partial charge in [-0.2, -0.15) is 4.31 Å². The molecular weight excluding hydrogens is 378 g/mol. The fourth-order valence-corrected chi connectivity index (χ4v) is 3.73. The van der Waals surface area contributed by atoms with Crippen LogP contribution in [-0.2, 0) is 18.0 Å². The fraction of sp³-hybridized carbons (Fsp3) is 0.647. The number of phosphoric acid groups is 2. The standard InChI is InChI=1S/C17H32O7P2/c1-14(2)8-6-9-16(5)10-7-11-17(15(3)4)12-13-23-26(21,22)24-25(18,19)20/h8,10,12,15H,6-7,9,11,13H2,1-5H3,(H,21,22)(H2,18,19,20)/b16-10+,17-12-. The molecule has 0 radical (unpaired) electrons. The summed E-state index contributed by atoms with van der Waals surface area (Å²) < 4.78 is 30.3. The highest BCUT2D eigenvalue weighted by Gasteiger charge is 2.31. The smallest absolute Gasteiger partial charge is 0.302 e. The summed E-state index contributed by atoms with van der Waals surface area (Å²) in [7, 11) is -9.87. The van der Waals surface area contributed by atoms with Gasteiger partial charge in [0.15, 0.2) is 0 Å². The van der Waals surface area contributed by atoms with Crippen LogP contribution in [0, 0.1) is 5.92 Å². The molecule has 0 aromatic rings. The van der Waals surface area contributed by atoms with Crippen molar-refractivity contribution >= 4 is 15.6 Å². The van der Waals surface area contributed by atoms with E-state index in [-0.39, 0.29) is 12.5 Å². The molecule has 0 amide bonds. The van der Waals surface area contributed by atoms with Gasteiger partial charge in [-0.25, -0.2) is 9.13 Å². The van der Waals surface area contributed by atoms with Crippen LogP contribution in [0.15, 0.2) is 34.9 Å². The van der Waals surface area contributed by atoms with Crippen LogP contribution in [0.25, 0.3) is 0 Å². The molecule has 0 bridgehead atoms. The van der Waals surface area contributed by atoms with Crippen molar-refractivity contribution < 1.29 is 32.6 Å². The van der Waals surface area contributed by atoms with Gasteiger partial charge in [0.05, 0.1) is 6.61 Å². The minimum atomic E-state index is -5.09. The van der Waals surface area contributed by atoms with Crippen LogP contribution in [0.3, 0.4) is 0 Å². The maximum Gasteiger partial charge on any atom is 0.481 e. The molecule has 0 saturated heterocycles. The van der Waals surface area contributed by atoms with Gasteiger partial charge in [-0.1, -0.05) is 48.8 Å². The van der Waals surface area contributed by atoms with E-state index < -0.39 is 15.6 Å². The molecule has 7 nitrogen and oxygen atoms in total. The van der Waals surface area contributed by atoms with Crippen LogP contribution in [0.4, 0.5) is 0 Å². The van der Waals surface area contributed by atoms with E-state index in [0.717, 1.165) is 31.3 Å². The SMILES string of the molecule is CC(C)=CCC/C(C)=C/CC/C(=C/COP(=O)(O)OP(=O)(O)O)C(C)C. The quantitative estimate of drug-likeness (QED) is 0.297. The van der Waals surface area contributed by atoms with E-state index >= 15 is 0 Å². The molecule has 0 aromatic carbocycles. The van der Waals surface area contributed by atoms with E-state index in [1.807, 2.05) is 13.8 Å². The minimum Gasteiger partial charge on any atom is -0.302 e. The monoisotopic (exact) mass is 410 g/mol. The van der Waals surface area contributed by atoms with Gasteiger partial charge in [0.25, 0.3) is 0 Å². The molecule has 1 atom stereocenters. The van der Waals surface area contributed by atoms with Crippen LogP contribution in [-0.4, -0.2) is 21.3 Å². The highest BCUT2D eigenvalue weighted by atomic mass is 31.3. The summed E-state index contributed by atoms with van der Waals surface area (Å²) in [6.45, 7) is 10.0. The topological polar surface area (TPSA) is 113 Å². The first-order valence-corrected chi connectivity index (χ1v) is 11.6. The molecule has 0 aromatic heterocycles. The lowest BCUT2D eigenvalue weighted by molar-refractivity contribution is 0.190.